The largest absolute Gasteiger partial charge is 0.329 e. The zero-order valence-electron chi connectivity index (χ0n) is 11.1. The zero-order chi connectivity index (χ0) is 15.9. The van der Waals surface area contributed by atoms with Gasteiger partial charge in [-0.05, 0) is 24.3 Å². The second-order valence-corrected chi connectivity index (χ2v) is 4.91. The van der Waals surface area contributed by atoms with Crippen molar-refractivity contribution in [2.75, 3.05) is 5.32 Å². The molecular weight excluding hydrogens is 327 g/mol. The monoisotopic (exact) mass is 336 g/mol. The molecule has 0 atom stereocenters. The van der Waals surface area contributed by atoms with E-state index in [1.54, 1.807) is 30.6 Å². The van der Waals surface area contributed by atoms with E-state index in [0.717, 1.165) is 0 Å². The summed E-state index contributed by atoms with van der Waals surface area (Å²) in [6.07, 6.45) is 4.53. The van der Waals surface area contributed by atoms with Crippen LogP contribution >= 0.6 is 23.2 Å². The first-order valence-corrected chi connectivity index (χ1v) is 6.81. The van der Waals surface area contributed by atoms with E-state index < -0.39 is 11.8 Å². The summed E-state index contributed by atoms with van der Waals surface area (Å²) in [6.45, 7) is 0. The Balaban J connectivity index is 1.94. The van der Waals surface area contributed by atoms with E-state index in [9.17, 15) is 9.59 Å². The Labute approximate surface area is 136 Å². The van der Waals surface area contributed by atoms with Gasteiger partial charge in [0, 0.05) is 23.0 Å². The van der Waals surface area contributed by atoms with E-state index in [0.29, 0.717) is 10.6 Å². The summed E-state index contributed by atoms with van der Waals surface area (Å²) in [6, 6.07) is 7.98. The van der Waals surface area contributed by atoms with Crippen LogP contribution < -0.4 is 10.7 Å². The molecule has 0 aliphatic carbocycles. The summed E-state index contributed by atoms with van der Waals surface area (Å²) in [5, 5.41) is 6.66. The molecule has 2 N–H and O–H groups in total. The van der Waals surface area contributed by atoms with Gasteiger partial charge in [-0.3, -0.25) is 14.6 Å². The number of rotatable bonds is 3. The second-order valence-electron chi connectivity index (χ2n) is 4.06. The number of carbonyl (C=O) groups is 2. The fourth-order valence-electron chi connectivity index (χ4n) is 1.44. The van der Waals surface area contributed by atoms with Gasteiger partial charge in [0.05, 0.1) is 16.9 Å². The summed E-state index contributed by atoms with van der Waals surface area (Å²) >= 11 is 11.7. The van der Waals surface area contributed by atoms with Crippen molar-refractivity contribution in [2.45, 2.75) is 0 Å². The first-order valence-electron chi connectivity index (χ1n) is 6.06. The number of nitrogens with zero attached hydrogens (tertiary/aromatic N) is 2. The normalized spacial score (nSPS) is 10.5. The first-order chi connectivity index (χ1) is 10.6. The second kappa shape index (κ2) is 7.53. The Bertz CT molecular complexity index is 720. The minimum Gasteiger partial charge on any atom is -0.316 e. The van der Waals surface area contributed by atoms with Gasteiger partial charge in [-0.15, -0.1) is 0 Å². The SMILES string of the molecule is O=C(N/N=C/c1cccnc1)C(=O)Nc1cc(Cl)ccc1Cl. The van der Waals surface area contributed by atoms with E-state index in [1.807, 2.05) is 0 Å². The van der Waals surface area contributed by atoms with Crippen molar-refractivity contribution in [1.82, 2.24) is 10.4 Å². The van der Waals surface area contributed by atoms with Crippen molar-refractivity contribution in [3.05, 3.63) is 58.3 Å². The van der Waals surface area contributed by atoms with Crippen LogP contribution in [0.2, 0.25) is 10.0 Å². The van der Waals surface area contributed by atoms with Crippen molar-refractivity contribution in [3.63, 3.8) is 0 Å². The summed E-state index contributed by atoms with van der Waals surface area (Å²) in [4.78, 5) is 27.2. The molecule has 0 bridgehead atoms. The topological polar surface area (TPSA) is 83.5 Å². The number of halogens is 2. The molecule has 1 aromatic carbocycles. The van der Waals surface area contributed by atoms with E-state index in [4.69, 9.17) is 23.2 Å². The highest BCUT2D eigenvalue weighted by Gasteiger charge is 2.14. The van der Waals surface area contributed by atoms with Crippen LogP contribution in [0.3, 0.4) is 0 Å². The Morgan fingerprint density at radius 1 is 1.18 bits per heavy atom. The highest BCUT2D eigenvalue weighted by Crippen LogP contribution is 2.25. The molecule has 2 aromatic rings. The molecule has 0 saturated heterocycles. The van der Waals surface area contributed by atoms with Crippen LogP contribution in [0.5, 0.6) is 0 Å². The maximum atomic E-state index is 11.7. The first kappa shape index (κ1) is 15.9. The van der Waals surface area contributed by atoms with Crippen LogP contribution in [0.1, 0.15) is 5.56 Å². The zero-order valence-corrected chi connectivity index (χ0v) is 12.6. The lowest BCUT2D eigenvalue weighted by Gasteiger charge is -2.06. The van der Waals surface area contributed by atoms with E-state index in [2.05, 4.69) is 20.8 Å². The van der Waals surface area contributed by atoms with Crippen LogP contribution in [0, 0.1) is 0 Å². The van der Waals surface area contributed by atoms with Gasteiger partial charge in [0.15, 0.2) is 0 Å². The molecule has 0 spiro atoms. The van der Waals surface area contributed by atoms with E-state index in [1.165, 1.54) is 18.3 Å². The van der Waals surface area contributed by atoms with Gasteiger partial charge >= 0.3 is 11.8 Å². The molecule has 0 saturated carbocycles. The Kier molecular flexibility index (Phi) is 5.46. The Hall–Kier alpha value is -2.44. The van der Waals surface area contributed by atoms with Crippen LogP contribution in [0.4, 0.5) is 5.69 Å². The molecule has 0 aliphatic heterocycles. The molecule has 22 heavy (non-hydrogen) atoms. The molecule has 1 aromatic heterocycles. The number of anilines is 1. The van der Waals surface area contributed by atoms with E-state index >= 15 is 0 Å². The average Bonchev–Trinajstić information content (AvgIpc) is 2.52. The Morgan fingerprint density at radius 3 is 2.73 bits per heavy atom. The molecule has 8 heteroatoms. The van der Waals surface area contributed by atoms with Gasteiger partial charge in [-0.1, -0.05) is 29.3 Å². The standard InChI is InChI=1S/C14H10Cl2N4O2/c15-10-3-4-11(16)12(6-10)19-13(21)14(22)20-18-8-9-2-1-5-17-7-9/h1-8H,(H,19,21)(H,20,22)/b18-8+. The minimum atomic E-state index is -0.934. The van der Waals surface area contributed by atoms with Gasteiger partial charge in [0.1, 0.15) is 0 Å². The van der Waals surface area contributed by atoms with Crippen LogP contribution in [0.15, 0.2) is 47.8 Å². The number of amides is 2. The molecule has 2 rings (SSSR count). The van der Waals surface area contributed by atoms with Crippen molar-refractivity contribution < 1.29 is 9.59 Å². The molecule has 112 valence electrons. The molecule has 0 radical (unpaired) electrons. The number of nitrogens with one attached hydrogen (secondary N) is 2. The van der Waals surface area contributed by atoms with Gasteiger partial charge < -0.3 is 5.32 Å². The highest BCUT2D eigenvalue weighted by atomic mass is 35.5. The third-order valence-electron chi connectivity index (χ3n) is 2.45. The number of hydrogen-bond acceptors (Lipinski definition) is 4. The lowest BCUT2D eigenvalue weighted by molar-refractivity contribution is -0.136. The maximum absolute atomic E-state index is 11.7. The average molecular weight is 337 g/mol. The number of hydrogen-bond donors (Lipinski definition) is 2. The van der Waals surface area contributed by atoms with Crippen LogP contribution in [0.25, 0.3) is 0 Å². The molecule has 6 nitrogen and oxygen atoms in total. The summed E-state index contributed by atoms with van der Waals surface area (Å²) in [5.41, 5.74) is 3.02. The molecule has 0 aliphatic rings. The van der Waals surface area contributed by atoms with Crippen molar-refractivity contribution in [3.8, 4) is 0 Å². The summed E-state index contributed by atoms with van der Waals surface area (Å²) in [7, 11) is 0. The summed E-state index contributed by atoms with van der Waals surface area (Å²) in [5.74, 6) is -1.84. The van der Waals surface area contributed by atoms with E-state index in [-0.39, 0.29) is 10.7 Å². The molecule has 0 fully saturated rings. The number of aromatic nitrogens is 1. The number of hydrazone groups is 1. The van der Waals surface area contributed by atoms with Gasteiger partial charge in [-0.25, -0.2) is 5.43 Å². The third-order valence-corrected chi connectivity index (χ3v) is 3.01. The molecule has 1 heterocycles. The van der Waals surface area contributed by atoms with Gasteiger partial charge in [-0.2, -0.15) is 5.10 Å². The summed E-state index contributed by atoms with van der Waals surface area (Å²) < 4.78 is 0. The minimum absolute atomic E-state index is 0.241. The van der Waals surface area contributed by atoms with Gasteiger partial charge in [0.25, 0.3) is 0 Å². The Morgan fingerprint density at radius 2 is 2.00 bits per heavy atom. The van der Waals surface area contributed by atoms with Crippen molar-refractivity contribution >= 4 is 46.9 Å². The lowest BCUT2D eigenvalue weighted by Crippen LogP contribution is -2.32. The fraction of sp³-hybridized carbons (Fsp3) is 0. The van der Waals surface area contributed by atoms with Crippen LogP contribution in [-0.4, -0.2) is 23.0 Å². The molecule has 2 amide bonds. The number of benzene rings is 1. The lowest BCUT2D eigenvalue weighted by atomic mass is 10.3. The third kappa shape index (κ3) is 4.54. The maximum Gasteiger partial charge on any atom is 0.329 e. The quantitative estimate of drug-likeness (QED) is 0.513. The molecular formula is C14H10Cl2N4O2. The smallest absolute Gasteiger partial charge is 0.316 e. The molecule has 0 unspecified atom stereocenters. The highest BCUT2D eigenvalue weighted by molar-refractivity contribution is 6.42. The van der Waals surface area contributed by atoms with Crippen LogP contribution in [-0.2, 0) is 9.59 Å². The fourth-order valence-corrected chi connectivity index (χ4v) is 1.78. The predicted molar refractivity (Wildman–Crippen MR) is 85.1 cm³/mol. The predicted octanol–water partition coefficient (Wildman–Crippen LogP) is 2.48. The van der Waals surface area contributed by atoms with Crippen molar-refractivity contribution in [1.29, 1.82) is 0 Å². The number of pyridine rings is 1. The van der Waals surface area contributed by atoms with Crippen molar-refractivity contribution in [2.24, 2.45) is 5.10 Å². The number of carbonyl (C=O) groups excluding carboxylic acids is 2. The van der Waals surface area contributed by atoms with Gasteiger partial charge in [0.2, 0.25) is 0 Å².